The van der Waals surface area contributed by atoms with Crippen LogP contribution < -0.4 is 5.32 Å². The van der Waals surface area contributed by atoms with E-state index < -0.39 is 0 Å². The van der Waals surface area contributed by atoms with Gasteiger partial charge < -0.3 is 15.0 Å². The van der Waals surface area contributed by atoms with E-state index in [4.69, 9.17) is 4.74 Å². The zero-order chi connectivity index (χ0) is 14.8. The third kappa shape index (κ3) is 2.96. The lowest BCUT2D eigenvalue weighted by molar-refractivity contribution is -0.0442. The zero-order valence-corrected chi connectivity index (χ0v) is 12.8. The third-order valence-electron chi connectivity index (χ3n) is 4.62. The smallest absolute Gasteiger partial charge is 0.274 e. The maximum Gasteiger partial charge on any atom is 0.274 e. The third-order valence-corrected chi connectivity index (χ3v) is 4.62. The molecule has 0 saturated carbocycles. The maximum absolute atomic E-state index is 12.6. The minimum Gasteiger partial charge on any atom is -0.375 e. The lowest BCUT2D eigenvalue weighted by Gasteiger charge is -2.37. The highest BCUT2D eigenvalue weighted by Crippen LogP contribution is 2.19. The number of piperidine rings is 1. The summed E-state index contributed by atoms with van der Waals surface area (Å²) in [4.78, 5) is 14.5. The highest BCUT2D eigenvalue weighted by atomic mass is 16.5. The lowest BCUT2D eigenvalue weighted by Crippen LogP contribution is -2.51. The van der Waals surface area contributed by atoms with Gasteiger partial charge in [0.1, 0.15) is 5.69 Å². The number of carbonyl (C=O) groups is 1. The summed E-state index contributed by atoms with van der Waals surface area (Å²) in [5.74, 6) is 0.0140. The molecule has 3 atom stereocenters. The van der Waals surface area contributed by atoms with Crippen molar-refractivity contribution in [1.82, 2.24) is 20.0 Å². The van der Waals surface area contributed by atoms with Crippen LogP contribution in [0.25, 0.3) is 0 Å². The van der Waals surface area contributed by atoms with Crippen LogP contribution in [-0.4, -0.2) is 59.0 Å². The summed E-state index contributed by atoms with van der Waals surface area (Å²) < 4.78 is 7.52. The SMILES string of the molecule is CC1OCCN(C(=O)c2ccn(C3CCCNC3)n2)C1C. The van der Waals surface area contributed by atoms with Crippen molar-refractivity contribution in [2.45, 2.75) is 44.9 Å². The number of morpholine rings is 1. The highest BCUT2D eigenvalue weighted by Gasteiger charge is 2.31. The molecular weight excluding hydrogens is 268 g/mol. The fraction of sp³-hybridized carbons (Fsp3) is 0.733. The molecule has 6 nitrogen and oxygen atoms in total. The summed E-state index contributed by atoms with van der Waals surface area (Å²) in [5.41, 5.74) is 0.543. The molecule has 2 aliphatic rings. The lowest BCUT2D eigenvalue weighted by atomic mass is 10.1. The fourth-order valence-electron chi connectivity index (χ4n) is 3.08. The topological polar surface area (TPSA) is 59.4 Å². The fourth-order valence-corrected chi connectivity index (χ4v) is 3.08. The number of nitrogens with one attached hydrogen (secondary N) is 1. The monoisotopic (exact) mass is 292 g/mol. The van der Waals surface area contributed by atoms with Gasteiger partial charge in [-0.2, -0.15) is 5.10 Å². The van der Waals surface area contributed by atoms with E-state index in [2.05, 4.69) is 10.4 Å². The molecule has 3 unspecified atom stereocenters. The number of rotatable bonds is 2. The summed E-state index contributed by atoms with van der Waals surface area (Å²) in [6, 6.07) is 2.29. The van der Waals surface area contributed by atoms with Gasteiger partial charge in [0, 0.05) is 19.3 Å². The molecule has 0 aromatic carbocycles. The van der Waals surface area contributed by atoms with Crippen LogP contribution in [0.1, 0.15) is 43.2 Å². The van der Waals surface area contributed by atoms with Gasteiger partial charge in [-0.05, 0) is 39.3 Å². The Morgan fingerprint density at radius 2 is 2.33 bits per heavy atom. The molecule has 2 saturated heterocycles. The van der Waals surface area contributed by atoms with Gasteiger partial charge in [-0.1, -0.05) is 0 Å². The Hall–Kier alpha value is -1.40. The highest BCUT2D eigenvalue weighted by molar-refractivity contribution is 5.92. The molecule has 2 fully saturated rings. The van der Waals surface area contributed by atoms with Gasteiger partial charge in [0.15, 0.2) is 0 Å². The number of hydrogen-bond donors (Lipinski definition) is 1. The molecule has 0 aliphatic carbocycles. The van der Waals surface area contributed by atoms with Gasteiger partial charge in [-0.3, -0.25) is 9.48 Å². The number of hydrogen-bond acceptors (Lipinski definition) is 4. The van der Waals surface area contributed by atoms with E-state index >= 15 is 0 Å². The molecule has 1 N–H and O–H groups in total. The van der Waals surface area contributed by atoms with Crippen LogP contribution in [0.2, 0.25) is 0 Å². The van der Waals surface area contributed by atoms with Crippen molar-refractivity contribution in [1.29, 1.82) is 0 Å². The predicted octanol–water partition coefficient (Wildman–Crippen LogP) is 1.06. The maximum atomic E-state index is 12.6. The van der Waals surface area contributed by atoms with Crippen molar-refractivity contribution in [2.24, 2.45) is 0 Å². The molecule has 0 bridgehead atoms. The molecular formula is C15H24N4O2. The van der Waals surface area contributed by atoms with Crippen molar-refractivity contribution in [3.63, 3.8) is 0 Å². The van der Waals surface area contributed by atoms with Gasteiger partial charge in [0.25, 0.3) is 5.91 Å². The summed E-state index contributed by atoms with van der Waals surface area (Å²) in [7, 11) is 0. The van der Waals surface area contributed by atoms with Crippen LogP contribution in [0.3, 0.4) is 0 Å². The molecule has 3 heterocycles. The molecule has 21 heavy (non-hydrogen) atoms. The van der Waals surface area contributed by atoms with Crippen LogP contribution in [-0.2, 0) is 4.74 Å². The average molecular weight is 292 g/mol. The first kappa shape index (κ1) is 14.5. The van der Waals surface area contributed by atoms with Gasteiger partial charge in [-0.25, -0.2) is 0 Å². The summed E-state index contributed by atoms with van der Waals surface area (Å²) >= 11 is 0. The van der Waals surface area contributed by atoms with E-state index in [1.165, 1.54) is 0 Å². The second-order valence-electron chi connectivity index (χ2n) is 6.00. The van der Waals surface area contributed by atoms with Crippen LogP contribution >= 0.6 is 0 Å². The Kier molecular flexibility index (Phi) is 4.26. The van der Waals surface area contributed by atoms with Gasteiger partial charge in [-0.15, -0.1) is 0 Å². The van der Waals surface area contributed by atoms with Crippen LogP contribution in [0.4, 0.5) is 0 Å². The molecule has 1 amide bonds. The summed E-state index contributed by atoms with van der Waals surface area (Å²) in [6.45, 7) is 7.29. The van der Waals surface area contributed by atoms with E-state index in [0.29, 0.717) is 24.9 Å². The molecule has 2 aliphatic heterocycles. The number of carbonyl (C=O) groups excluding carboxylic acids is 1. The largest absolute Gasteiger partial charge is 0.375 e. The van der Waals surface area contributed by atoms with Crippen LogP contribution in [0, 0.1) is 0 Å². The van der Waals surface area contributed by atoms with Crippen molar-refractivity contribution in [3.8, 4) is 0 Å². The minimum atomic E-state index is 0.0140. The van der Waals surface area contributed by atoms with Crippen molar-refractivity contribution < 1.29 is 9.53 Å². The van der Waals surface area contributed by atoms with Gasteiger partial charge in [0.05, 0.1) is 24.8 Å². The van der Waals surface area contributed by atoms with E-state index in [1.807, 2.05) is 35.7 Å². The number of aromatic nitrogens is 2. The first-order valence-corrected chi connectivity index (χ1v) is 7.85. The van der Waals surface area contributed by atoms with E-state index in [0.717, 1.165) is 25.9 Å². The zero-order valence-electron chi connectivity index (χ0n) is 12.8. The second kappa shape index (κ2) is 6.15. The molecule has 1 aromatic rings. The quantitative estimate of drug-likeness (QED) is 0.885. The molecule has 0 spiro atoms. The van der Waals surface area contributed by atoms with Gasteiger partial charge >= 0.3 is 0 Å². The van der Waals surface area contributed by atoms with Crippen molar-refractivity contribution in [3.05, 3.63) is 18.0 Å². The van der Waals surface area contributed by atoms with E-state index in [9.17, 15) is 4.79 Å². The molecule has 116 valence electrons. The van der Waals surface area contributed by atoms with Crippen LogP contribution in [0.15, 0.2) is 12.3 Å². The first-order valence-electron chi connectivity index (χ1n) is 7.85. The molecule has 6 heteroatoms. The molecule has 0 radical (unpaired) electrons. The Balaban J connectivity index is 1.71. The Morgan fingerprint density at radius 3 is 3.10 bits per heavy atom. The minimum absolute atomic E-state index is 0.0140. The standard InChI is InChI=1S/C15H24N4O2/c1-11-12(2)21-9-8-18(11)15(20)14-5-7-19(17-14)13-4-3-6-16-10-13/h5,7,11-13,16H,3-4,6,8-10H2,1-2H3. The van der Waals surface area contributed by atoms with Crippen LogP contribution in [0.5, 0.6) is 0 Å². The summed E-state index contributed by atoms with van der Waals surface area (Å²) in [6.07, 6.45) is 4.28. The Morgan fingerprint density at radius 1 is 1.48 bits per heavy atom. The second-order valence-corrected chi connectivity index (χ2v) is 6.00. The van der Waals surface area contributed by atoms with E-state index in [-0.39, 0.29) is 18.1 Å². The molecule has 3 rings (SSSR count). The average Bonchev–Trinajstić information content (AvgIpc) is 3.00. The molecule has 1 aromatic heterocycles. The summed E-state index contributed by atoms with van der Waals surface area (Å²) in [5, 5.41) is 7.89. The Labute approximate surface area is 125 Å². The predicted molar refractivity (Wildman–Crippen MR) is 79.3 cm³/mol. The number of ether oxygens (including phenoxy) is 1. The van der Waals surface area contributed by atoms with Gasteiger partial charge in [0.2, 0.25) is 0 Å². The number of amides is 1. The Bertz CT molecular complexity index is 496. The number of nitrogens with zero attached hydrogens (tertiary/aromatic N) is 3. The van der Waals surface area contributed by atoms with Crippen molar-refractivity contribution >= 4 is 5.91 Å². The first-order chi connectivity index (χ1) is 10.2. The van der Waals surface area contributed by atoms with Crippen molar-refractivity contribution in [2.75, 3.05) is 26.2 Å². The normalized spacial score (nSPS) is 30.4. The van der Waals surface area contributed by atoms with E-state index in [1.54, 1.807) is 0 Å².